The van der Waals surface area contributed by atoms with Crippen LogP contribution in [-0.4, -0.2) is 27.4 Å². The van der Waals surface area contributed by atoms with Gasteiger partial charge in [-0.15, -0.1) is 0 Å². The third kappa shape index (κ3) is 3.68. The van der Waals surface area contributed by atoms with Crippen LogP contribution >= 0.6 is 0 Å². The summed E-state index contributed by atoms with van der Waals surface area (Å²) in [5.74, 6) is 0.540. The van der Waals surface area contributed by atoms with Gasteiger partial charge in [-0.2, -0.15) is 0 Å². The summed E-state index contributed by atoms with van der Waals surface area (Å²) in [5.41, 5.74) is 0.541. The number of hydrogen-bond donors (Lipinski definition) is 2. The average Bonchev–Trinajstić information content (AvgIpc) is 2.36. The molecule has 0 aromatic carbocycles. The summed E-state index contributed by atoms with van der Waals surface area (Å²) in [6, 6.07) is 3.60. The Hall–Kier alpha value is -1.13. The number of aliphatic hydroxyl groups excluding tert-OH is 1. The molecule has 0 spiro atoms. The van der Waals surface area contributed by atoms with Crippen molar-refractivity contribution in [1.29, 1.82) is 0 Å². The van der Waals surface area contributed by atoms with Crippen LogP contribution in [0.25, 0.3) is 0 Å². The number of aromatic nitrogens is 1. The van der Waals surface area contributed by atoms with E-state index in [1.54, 1.807) is 6.07 Å². The number of ether oxygens (including phenoxy) is 1. The minimum absolute atomic E-state index is 0.159. The Morgan fingerprint density at radius 1 is 1.29 bits per heavy atom. The monoisotopic (exact) mass is 239 g/mol. The van der Waals surface area contributed by atoms with Crippen LogP contribution in [0, 0.1) is 6.92 Å². The van der Waals surface area contributed by atoms with Crippen molar-refractivity contribution >= 4 is 0 Å². The normalized spacial score (nSPS) is 11.6. The number of hydrogen-bond acceptors (Lipinski definition) is 4. The molecule has 4 nitrogen and oxygen atoms in total. The van der Waals surface area contributed by atoms with Gasteiger partial charge in [0.2, 0.25) is 0 Å². The number of pyridine rings is 1. The van der Waals surface area contributed by atoms with Crippen molar-refractivity contribution in [1.82, 2.24) is 4.98 Å². The molecule has 0 fully saturated rings. The Labute approximate surface area is 102 Å². The lowest BCUT2D eigenvalue weighted by Gasteiger charge is -2.25. The third-order valence-corrected chi connectivity index (χ3v) is 3.03. The fraction of sp³-hybridized carbons (Fsp3) is 0.615. The van der Waals surface area contributed by atoms with Crippen LogP contribution < -0.4 is 4.74 Å². The predicted octanol–water partition coefficient (Wildman–Crippen LogP) is 1.81. The largest absolute Gasteiger partial charge is 0.489 e. The van der Waals surface area contributed by atoms with Crippen molar-refractivity contribution in [2.45, 2.75) is 45.8 Å². The fourth-order valence-electron chi connectivity index (χ4n) is 1.51. The van der Waals surface area contributed by atoms with E-state index in [2.05, 4.69) is 4.98 Å². The second-order valence-corrected chi connectivity index (χ2v) is 4.28. The van der Waals surface area contributed by atoms with E-state index < -0.39 is 5.60 Å². The second kappa shape index (κ2) is 5.98. The minimum atomic E-state index is -0.808. The summed E-state index contributed by atoms with van der Waals surface area (Å²) >= 11 is 0. The third-order valence-electron chi connectivity index (χ3n) is 3.03. The average molecular weight is 239 g/mol. The zero-order valence-electron chi connectivity index (χ0n) is 10.7. The van der Waals surface area contributed by atoms with Crippen molar-refractivity contribution in [2.75, 3.05) is 6.61 Å². The molecular formula is C13H21NO3. The summed E-state index contributed by atoms with van der Waals surface area (Å²) in [6.45, 7) is 5.77. The first kappa shape index (κ1) is 13.9. The lowest BCUT2D eigenvalue weighted by molar-refractivity contribution is -0.0120. The van der Waals surface area contributed by atoms with E-state index in [9.17, 15) is 10.2 Å². The van der Waals surface area contributed by atoms with Gasteiger partial charge in [0.1, 0.15) is 18.1 Å². The van der Waals surface area contributed by atoms with Gasteiger partial charge in [-0.3, -0.25) is 4.98 Å². The quantitative estimate of drug-likeness (QED) is 0.794. The summed E-state index contributed by atoms with van der Waals surface area (Å²) < 4.78 is 5.56. The highest BCUT2D eigenvalue weighted by molar-refractivity contribution is 5.28. The zero-order chi connectivity index (χ0) is 12.9. The maximum absolute atomic E-state index is 10.1. The highest BCUT2D eigenvalue weighted by atomic mass is 16.5. The molecule has 1 rings (SSSR count). The Bertz CT molecular complexity index is 362. The molecule has 0 bridgehead atoms. The van der Waals surface area contributed by atoms with Gasteiger partial charge in [0, 0.05) is 5.69 Å². The number of aliphatic hydroxyl groups is 2. The Kier molecular flexibility index (Phi) is 4.90. The molecule has 17 heavy (non-hydrogen) atoms. The van der Waals surface area contributed by atoms with E-state index >= 15 is 0 Å². The number of nitrogens with zero attached hydrogens (tertiary/aromatic N) is 1. The molecule has 1 aromatic heterocycles. The minimum Gasteiger partial charge on any atom is -0.489 e. The van der Waals surface area contributed by atoms with Gasteiger partial charge in [-0.25, -0.2) is 0 Å². The fourth-order valence-corrected chi connectivity index (χ4v) is 1.51. The van der Waals surface area contributed by atoms with E-state index in [-0.39, 0.29) is 13.2 Å². The predicted molar refractivity (Wildman–Crippen MR) is 65.9 cm³/mol. The molecule has 0 amide bonds. The van der Waals surface area contributed by atoms with Crippen molar-refractivity contribution in [3.8, 4) is 5.75 Å². The van der Waals surface area contributed by atoms with Gasteiger partial charge in [-0.1, -0.05) is 13.8 Å². The van der Waals surface area contributed by atoms with Crippen molar-refractivity contribution in [2.24, 2.45) is 0 Å². The molecule has 0 radical (unpaired) electrons. The lowest BCUT2D eigenvalue weighted by Crippen LogP contribution is -2.34. The van der Waals surface area contributed by atoms with Gasteiger partial charge in [0.25, 0.3) is 0 Å². The molecule has 1 heterocycles. The van der Waals surface area contributed by atoms with Crippen molar-refractivity contribution in [3.63, 3.8) is 0 Å². The van der Waals surface area contributed by atoms with Crippen LogP contribution in [0.15, 0.2) is 12.1 Å². The second-order valence-electron chi connectivity index (χ2n) is 4.28. The molecular weight excluding hydrogens is 218 g/mol. The Balaban J connectivity index is 2.75. The molecule has 0 aliphatic rings. The first-order chi connectivity index (χ1) is 8.04. The van der Waals surface area contributed by atoms with Crippen LogP contribution in [0.1, 0.15) is 38.1 Å². The maximum atomic E-state index is 10.1. The molecule has 0 atom stereocenters. The first-order valence-electron chi connectivity index (χ1n) is 5.97. The van der Waals surface area contributed by atoms with Crippen molar-refractivity contribution in [3.05, 3.63) is 23.5 Å². The maximum Gasteiger partial charge on any atom is 0.143 e. The van der Waals surface area contributed by atoms with Gasteiger partial charge in [0.05, 0.1) is 12.2 Å². The first-order valence-corrected chi connectivity index (χ1v) is 5.97. The van der Waals surface area contributed by atoms with E-state index in [0.29, 0.717) is 24.3 Å². The van der Waals surface area contributed by atoms with E-state index in [1.165, 1.54) is 0 Å². The van der Waals surface area contributed by atoms with E-state index in [0.717, 1.165) is 5.69 Å². The van der Waals surface area contributed by atoms with E-state index in [1.807, 2.05) is 26.8 Å². The van der Waals surface area contributed by atoms with Gasteiger partial charge >= 0.3 is 0 Å². The van der Waals surface area contributed by atoms with Crippen LogP contribution in [0.3, 0.4) is 0 Å². The van der Waals surface area contributed by atoms with E-state index in [4.69, 9.17) is 4.74 Å². The Morgan fingerprint density at radius 3 is 2.47 bits per heavy atom. The molecule has 0 saturated heterocycles. The summed E-state index contributed by atoms with van der Waals surface area (Å²) in [5, 5.41) is 19.3. The highest BCUT2D eigenvalue weighted by Gasteiger charge is 2.23. The summed E-state index contributed by atoms with van der Waals surface area (Å²) in [7, 11) is 0. The summed E-state index contributed by atoms with van der Waals surface area (Å²) in [6.07, 6.45) is 1.27. The number of aryl methyl sites for hydroxylation is 1. The smallest absolute Gasteiger partial charge is 0.143 e. The number of rotatable bonds is 6. The summed E-state index contributed by atoms with van der Waals surface area (Å²) in [4.78, 5) is 4.19. The van der Waals surface area contributed by atoms with Crippen LogP contribution in [0.5, 0.6) is 5.75 Å². The van der Waals surface area contributed by atoms with Crippen LogP contribution in [0.4, 0.5) is 0 Å². The lowest BCUT2D eigenvalue weighted by atomic mass is 9.99. The Morgan fingerprint density at radius 2 is 1.94 bits per heavy atom. The van der Waals surface area contributed by atoms with Crippen LogP contribution in [-0.2, 0) is 6.61 Å². The molecule has 0 unspecified atom stereocenters. The molecule has 96 valence electrons. The SMILES string of the molecule is CCC(O)(CC)COc1ccc(C)nc1CO. The van der Waals surface area contributed by atoms with Crippen LogP contribution in [0.2, 0.25) is 0 Å². The molecule has 0 saturated carbocycles. The molecule has 0 aliphatic carbocycles. The van der Waals surface area contributed by atoms with Gasteiger partial charge < -0.3 is 14.9 Å². The molecule has 0 aliphatic heterocycles. The topological polar surface area (TPSA) is 62.6 Å². The molecule has 4 heteroatoms. The van der Waals surface area contributed by atoms with Gasteiger partial charge in [0.15, 0.2) is 0 Å². The van der Waals surface area contributed by atoms with Crippen molar-refractivity contribution < 1.29 is 14.9 Å². The zero-order valence-corrected chi connectivity index (χ0v) is 10.7. The molecule has 1 aromatic rings. The standard InChI is InChI=1S/C13H21NO3/c1-4-13(16,5-2)9-17-12-7-6-10(3)14-11(12)8-15/h6-7,15-16H,4-5,8-9H2,1-3H3. The van der Waals surface area contributed by atoms with Gasteiger partial charge in [-0.05, 0) is 31.9 Å². The molecule has 2 N–H and O–H groups in total. The highest BCUT2D eigenvalue weighted by Crippen LogP contribution is 2.21.